The molecule has 0 saturated heterocycles. The Morgan fingerprint density at radius 2 is 2.45 bits per heavy atom. The number of halogens is 2. The van der Waals surface area contributed by atoms with Crippen LogP contribution in [0, 0.1) is 0 Å². The molecule has 0 spiro atoms. The summed E-state index contributed by atoms with van der Waals surface area (Å²) in [5, 5.41) is 9.28. The van der Waals surface area contributed by atoms with Gasteiger partial charge in [0.1, 0.15) is 10.4 Å². The number of aliphatic hydroxyl groups excluding tert-OH is 1. The Balaban J connectivity index is 2.96. The van der Waals surface area contributed by atoms with Crippen molar-refractivity contribution in [3.63, 3.8) is 0 Å². The first-order valence-electron chi connectivity index (χ1n) is 2.90. The van der Waals surface area contributed by atoms with Gasteiger partial charge in [0.05, 0.1) is 0 Å². The van der Waals surface area contributed by atoms with Gasteiger partial charge in [0.2, 0.25) is 0 Å². The second-order valence-electron chi connectivity index (χ2n) is 1.95. The highest BCUT2D eigenvalue weighted by Crippen LogP contribution is 2.35. The highest BCUT2D eigenvalue weighted by Gasteiger charge is 2.09. The van der Waals surface area contributed by atoms with E-state index in [-0.39, 0.29) is 0 Å². The van der Waals surface area contributed by atoms with Gasteiger partial charge in [-0.2, -0.15) is 0 Å². The van der Waals surface area contributed by atoms with E-state index in [0.717, 1.165) is 9.35 Å². The van der Waals surface area contributed by atoms with Crippen LogP contribution in [0.4, 0.5) is 0 Å². The minimum Gasteiger partial charge on any atom is -0.383 e. The summed E-state index contributed by atoms with van der Waals surface area (Å²) in [5.74, 6) is 0. The smallest absolute Gasteiger partial charge is 0.107 e. The maximum Gasteiger partial charge on any atom is 0.107 e. The predicted molar refractivity (Wildman–Crippen MR) is 52.2 cm³/mol. The van der Waals surface area contributed by atoms with Crippen LogP contribution >= 0.6 is 38.9 Å². The molecule has 1 unspecified atom stereocenters. The molecule has 0 bridgehead atoms. The molecule has 0 aliphatic carbocycles. The molecule has 1 nitrogen and oxygen atoms in total. The second kappa shape index (κ2) is 3.72. The molecule has 0 radical (unpaired) electrons. The fourth-order valence-electron chi connectivity index (χ4n) is 0.625. The molecule has 0 aliphatic rings. The van der Waals surface area contributed by atoms with Crippen LogP contribution < -0.4 is 0 Å². The molecule has 0 amide bonds. The van der Waals surface area contributed by atoms with Crippen LogP contribution in [-0.2, 0) is 0 Å². The lowest BCUT2D eigenvalue weighted by Gasteiger charge is -1.97. The Kier molecular flexibility index (Phi) is 3.13. The first-order valence-corrected chi connectivity index (χ1v) is 4.89. The molecule has 1 N–H and O–H groups in total. The lowest BCUT2D eigenvalue weighted by molar-refractivity contribution is 0.233. The van der Waals surface area contributed by atoms with Gasteiger partial charge in [0, 0.05) is 9.35 Å². The summed E-state index contributed by atoms with van der Waals surface area (Å²) in [6.45, 7) is 3.47. The summed E-state index contributed by atoms with van der Waals surface area (Å²) in [4.78, 5) is 0.803. The van der Waals surface area contributed by atoms with Crippen molar-refractivity contribution in [3.8, 4) is 0 Å². The van der Waals surface area contributed by atoms with Crippen molar-refractivity contribution >= 4 is 38.9 Å². The largest absolute Gasteiger partial charge is 0.383 e. The third kappa shape index (κ3) is 2.06. The van der Waals surface area contributed by atoms with Crippen LogP contribution in [0.1, 0.15) is 11.0 Å². The number of hydrogen-bond donors (Lipinski definition) is 1. The summed E-state index contributed by atoms with van der Waals surface area (Å²) in [6, 6.07) is 1.79. The van der Waals surface area contributed by atoms with Crippen molar-refractivity contribution in [3.05, 3.63) is 32.4 Å². The summed E-state index contributed by atoms with van der Waals surface area (Å²) in [5.41, 5.74) is 0. The maximum atomic E-state index is 9.28. The predicted octanol–water partition coefficient (Wildman–Crippen LogP) is 3.38. The standard InChI is InChI=1S/C7H6BrClOS/c1-2-5(10)6-3-4(8)7(9)11-6/h2-3,5,10H,1H2. The van der Waals surface area contributed by atoms with E-state index in [1.54, 1.807) is 6.07 Å². The molecule has 1 atom stereocenters. The van der Waals surface area contributed by atoms with Crippen molar-refractivity contribution in [2.75, 3.05) is 0 Å². The Bertz CT molecular complexity index is 252. The normalized spacial score (nSPS) is 13.0. The SMILES string of the molecule is C=CC(O)c1cc(Br)c(Cl)s1. The van der Waals surface area contributed by atoms with Gasteiger partial charge < -0.3 is 5.11 Å². The molecule has 4 heteroatoms. The summed E-state index contributed by atoms with van der Waals surface area (Å²) < 4.78 is 1.47. The van der Waals surface area contributed by atoms with Crippen LogP contribution in [-0.4, -0.2) is 5.11 Å². The van der Waals surface area contributed by atoms with Crippen molar-refractivity contribution in [2.24, 2.45) is 0 Å². The Morgan fingerprint density at radius 1 is 1.82 bits per heavy atom. The molecule has 60 valence electrons. The van der Waals surface area contributed by atoms with E-state index in [4.69, 9.17) is 11.6 Å². The average Bonchev–Trinajstić information content (AvgIpc) is 2.31. The number of hydrogen-bond acceptors (Lipinski definition) is 2. The zero-order valence-corrected chi connectivity index (χ0v) is 8.71. The van der Waals surface area contributed by atoms with Crippen molar-refractivity contribution in [2.45, 2.75) is 6.10 Å². The molecular weight excluding hydrogens is 248 g/mol. The van der Waals surface area contributed by atoms with E-state index in [1.165, 1.54) is 17.4 Å². The highest BCUT2D eigenvalue weighted by atomic mass is 79.9. The van der Waals surface area contributed by atoms with Gasteiger partial charge in [-0.1, -0.05) is 17.7 Å². The van der Waals surface area contributed by atoms with Gasteiger partial charge in [-0.25, -0.2) is 0 Å². The zero-order valence-electron chi connectivity index (χ0n) is 5.55. The van der Waals surface area contributed by atoms with Crippen LogP contribution in [0.2, 0.25) is 4.34 Å². The lowest BCUT2D eigenvalue weighted by Crippen LogP contribution is -1.85. The van der Waals surface area contributed by atoms with Gasteiger partial charge in [-0.3, -0.25) is 0 Å². The second-order valence-corrected chi connectivity index (χ2v) is 4.49. The van der Waals surface area contributed by atoms with E-state index >= 15 is 0 Å². The first-order chi connectivity index (χ1) is 5.15. The van der Waals surface area contributed by atoms with Crippen molar-refractivity contribution in [1.82, 2.24) is 0 Å². The van der Waals surface area contributed by atoms with E-state index in [9.17, 15) is 5.11 Å². The van der Waals surface area contributed by atoms with Crippen LogP contribution in [0.25, 0.3) is 0 Å². The molecule has 0 saturated carbocycles. The minimum atomic E-state index is -0.608. The first kappa shape index (κ1) is 9.26. The van der Waals surface area contributed by atoms with E-state index in [2.05, 4.69) is 22.5 Å². The van der Waals surface area contributed by atoms with Crippen LogP contribution in [0.15, 0.2) is 23.2 Å². The van der Waals surface area contributed by atoms with E-state index in [1.807, 2.05) is 0 Å². The average molecular weight is 254 g/mol. The lowest BCUT2D eigenvalue weighted by atomic mass is 10.3. The van der Waals surface area contributed by atoms with Gasteiger partial charge >= 0.3 is 0 Å². The molecule has 1 heterocycles. The highest BCUT2D eigenvalue weighted by molar-refractivity contribution is 9.10. The molecule has 1 aromatic rings. The zero-order chi connectivity index (χ0) is 8.43. The van der Waals surface area contributed by atoms with E-state index in [0.29, 0.717) is 4.34 Å². The van der Waals surface area contributed by atoms with Gasteiger partial charge in [-0.15, -0.1) is 17.9 Å². The molecule has 11 heavy (non-hydrogen) atoms. The van der Waals surface area contributed by atoms with Gasteiger partial charge in [0.15, 0.2) is 0 Å². The number of thiophene rings is 1. The molecule has 0 aliphatic heterocycles. The quantitative estimate of drug-likeness (QED) is 0.801. The van der Waals surface area contributed by atoms with E-state index < -0.39 is 6.10 Å². The van der Waals surface area contributed by atoms with Crippen molar-refractivity contribution < 1.29 is 5.11 Å². The van der Waals surface area contributed by atoms with Crippen LogP contribution in [0.5, 0.6) is 0 Å². The van der Waals surface area contributed by atoms with Gasteiger partial charge in [0.25, 0.3) is 0 Å². The molecule has 1 rings (SSSR count). The number of aliphatic hydroxyl groups is 1. The minimum absolute atomic E-state index is 0.608. The van der Waals surface area contributed by atoms with Crippen LogP contribution in [0.3, 0.4) is 0 Å². The third-order valence-electron chi connectivity index (χ3n) is 1.18. The Morgan fingerprint density at radius 3 is 2.82 bits per heavy atom. The molecular formula is C7H6BrClOS. The van der Waals surface area contributed by atoms with Crippen molar-refractivity contribution in [1.29, 1.82) is 0 Å². The summed E-state index contributed by atoms with van der Waals surface area (Å²) in [7, 11) is 0. The summed E-state index contributed by atoms with van der Waals surface area (Å²) in [6.07, 6.45) is 0.859. The molecule has 1 aromatic heterocycles. The fraction of sp³-hybridized carbons (Fsp3) is 0.143. The Labute approximate surface area is 82.4 Å². The monoisotopic (exact) mass is 252 g/mol. The molecule has 0 aromatic carbocycles. The number of rotatable bonds is 2. The maximum absolute atomic E-state index is 9.28. The summed E-state index contributed by atoms with van der Waals surface area (Å²) >= 11 is 10.3. The third-order valence-corrected chi connectivity index (χ3v) is 3.72. The molecule has 0 fully saturated rings. The Hall–Kier alpha value is 0.170. The van der Waals surface area contributed by atoms with Gasteiger partial charge in [-0.05, 0) is 22.0 Å². The fourth-order valence-corrected chi connectivity index (χ4v) is 2.35. The topological polar surface area (TPSA) is 20.2 Å².